The van der Waals surface area contributed by atoms with E-state index in [-0.39, 0.29) is 17.0 Å². The third kappa shape index (κ3) is 2.56. The number of allylic oxidation sites excluding steroid dienone is 1. The Hall–Kier alpha value is -4.11. The van der Waals surface area contributed by atoms with Crippen LogP contribution >= 0.6 is 0 Å². The van der Waals surface area contributed by atoms with Crippen molar-refractivity contribution in [2.24, 2.45) is 5.73 Å². The van der Waals surface area contributed by atoms with E-state index in [4.69, 9.17) is 10.5 Å². The molecular weight excluding hydrogens is 376 g/mol. The summed E-state index contributed by atoms with van der Waals surface area (Å²) in [5.74, 6) is -0.165. The number of ether oxygens (including phenoxy) is 1. The number of H-pyrrole nitrogens is 1. The molecule has 4 aromatic rings. The highest BCUT2D eigenvalue weighted by Gasteiger charge is 2.33. The molecule has 5 rings (SSSR count). The summed E-state index contributed by atoms with van der Waals surface area (Å²) in [7, 11) is 0. The topological polar surface area (TPSA) is 105 Å². The van der Waals surface area contributed by atoms with Crippen molar-refractivity contribution in [3.05, 3.63) is 92.7 Å². The van der Waals surface area contributed by atoms with Crippen LogP contribution in [0.3, 0.4) is 0 Å². The first kappa shape index (κ1) is 18.0. The fourth-order valence-electron chi connectivity index (χ4n) is 4.29. The lowest BCUT2D eigenvalue weighted by Gasteiger charge is -2.26. The first-order valence-electron chi connectivity index (χ1n) is 9.57. The predicted octanol–water partition coefficient (Wildman–Crippen LogP) is 3.91. The Balaban J connectivity index is 1.84. The third-order valence-electron chi connectivity index (χ3n) is 5.59. The van der Waals surface area contributed by atoms with Gasteiger partial charge < -0.3 is 15.5 Å². The average molecular weight is 394 g/mol. The van der Waals surface area contributed by atoms with Gasteiger partial charge in [0.25, 0.3) is 5.56 Å². The maximum Gasteiger partial charge on any atom is 0.252 e. The maximum atomic E-state index is 13.1. The summed E-state index contributed by atoms with van der Waals surface area (Å²) in [6.07, 6.45) is 1.68. The van der Waals surface area contributed by atoms with Gasteiger partial charge in [-0.25, -0.2) is 0 Å². The first-order chi connectivity index (χ1) is 14.5. The molecule has 0 fully saturated rings. The van der Waals surface area contributed by atoms with Gasteiger partial charge in [0.1, 0.15) is 17.2 Å². The van der Waals surface area contributed by atoms with E-state index in [1.54, 1.807) is 6.20 Å². The molecule has 146 valence electrons. The number of hydrogen-bond donors (Lipinski definition) is 2. The number of aromatic amines is 1. The number of nitrogens with zero attached hydrogens (tertiary/aromatic N) is 2. The molecule has 30 heavy (non-hydrogen) atoms. The highest BCUT2D eigenvalue weighted by Crippen LogP contribution is 2.44. The van der Waals surface area contributed by atoms with Gasteiger partial charge >= 0.3 is 0 Å². The quantitative estimate of drug-likeness (QED) is 0.509. The molecule has 2 aromatic carbocycles. The molecule has 6 heteroatoms. The minimum absolute atomic E-state index is 0.00641. The molecule has 1 aliphatic heterocycles. The van der Waals surface area contributed by atoms with Crippen LogP contribution in [-0.2, 0) is 0 Å². The van der Waals surface area contributed by atoms with Gasteiger partial charge in [0.2, 0.25) is 5.88 Å². The van der Waals surface area contributed by atoms with Gasteiger partial charge in [0.15, 0.2) is 5.75 Å². The zero-order valence-corrected chi connectivity index (χ0v) is 16.5. The zero-order valence-electron chi connectivity index (χ0n) is 16.5. The monoisotopic (exact) mass is 394 g/mol. The smallest absolute Gasteiger partial charge is 0.252 e. The van der Waals surface area contributed by atoms with E-state index in [9.17, 15) is 10.1 Å². The number of pyridine rings is 2. The number of aromatic nitrogens is 2. The Bertz CT molecular complexity index is 1490. The molecule has 1 unspecified atom stereocenters. The van der Waals surface area contributed by atoms with E-state index in [2.05, 4.69) is 16.0 Å². The molecule has 0 aliphatic carbocycles. The van der Waals surface area contributed by atoms with Crippen molar-refractivity contribution in [2.45, 2.75) is 19.8 Å². The van der Waals surface area contributed by atoms with Crippen LogP contribution in [0, 0.1) is 25.2 Å². The van der Waals surface area contributed by atoms with Gasteiger partial charge in [0.05, 0.1) is 11.4 Å². The second-order valence-corrected chi connectivity index (χ2v) is 7.58. The summed E-state index contributed by atoms with van der Waals surface area (Å²) in [4.78, 5) is 20.6. The molecule has 0 radical (unpaired) electrons. The van der Waals surface area contributed by atoms with E-state index in [1.807, 2.05) is 56.3 Å². The molecule has 1 aliphatic rings. The van der Waals surface area contributed by atoms with E-state index in [1.165, 1.54) is 0 Å². The van der Waals surface area contributed by atoms with Crippen LogP contribution in [0.15, 0.2) is 64.9 Å². The average Bonchev–Trinajstić information content (AvgIpc) is 2.73. The van der Waals surface area contributed by atoms with Crippen molar-refractivity contribution in [1.82, 2.24) is 9.97 Å². The number of nitrogens with two attached hydrogens (primary N) is 1. The lowest BCUT2D eigenvalue weighted by molar-refractivity contribution is 0.397. The SMILES string of the molecule is Cc1cc(C)c2[nH]c(=O)c(C3C(C#N)=C(N)Oc4c3ccc3cccnc43)cc2c1. The fourth-order valence-corrected chi connectivity index (χ4v) is 4.29. The standard InChI is InChI=1S/C24H18N4O2/c1-12-8-13(2)20-15(9-12)10-17(24(29)28-20)19-16-6-5-14-4-3-7-27-21(14)22(16)30-23(26)18(19)11-25/h3-10,19H,26H2,1-2H3,(H,28,29). The Morgan fingerprint density at radius 3 is 2.77 bits per heavy atom. The van der Waals surface area contributed by atoms with E-state index in [0.29, 0.717) is 22.4 Å². The predicted molar refractivity (Wildman–Crippen MR) is 115 cm³/mol. The summed E-state index contributed by atoms with van der Waals surface area (Å²) in [6, 6.07) is 15.6. The molecule has 1 atom stereocenters. The van der Waals surface area contributed by atoms with E-state index >= 15 is 0 Å². The van der Waals surface area contributed by atoms with Gasteiger partial charge in [-0.3, -0.25) is 9.78 Å². The minimum Gasteiger partial charge on any atom is -0.438 e. The van der Waals surface area contributed by atoms with Crippen molar-refractivity contribution in [1.29, 1.82) is 5.26 Å². The highest BCUT2D eigenvalue weighted by molar-refractivity contribution is 5.88. The Kier molecular flexibility index (Phi) is 3.87. The van der Waals surface area contributed by atoms with Crippen LogP contribution < -0.4 is 16.0 Å². The summed E-state index contributed by atoms with van der Waals surface area (Å²) in [5, 5.41) is 11.6. The number of aryl methyl sites for hydroxylation is 2. The number of fused-ring (bicyclic) bond motifs is 4. The number of rotatable bonds is 1. The van der Waals surface area contributed by atoms with Gasteiger partial charge in [0, 0.05) is 22.7 Å². The molecular formula is C24H18N4O2. The molecule has 3 N–H and O–H groups in total. The van der Waals surface area contributed by atoms with Crippen molar-refractivity contribution >= 4 is 21.8 Å². The molecule has 6 nitrogen and oxygen atoms in total. The van der Waals surface area contributed by atoms with E-state index < -0.39 is 5.92 Å². The third-order valence-corrected chi connectivity index (χ3v) is 5.59. The van der Waals surface area contributed by atoms with Crippen LogP contribution in [0.4, 0.5) is 0 Å². The lowest BCUT2D eigenvalue weighted by atomic mass is 9.83. The van der Waals surface area contributed by atoms with Crippen molar-refractivity contribution in [3.63, 3.8) is 0 Å². The molecule has 2 aromatic heterocycles. The van der Waals surface area contributed by atoms with Crippen LogP contribution in [0.1, 0.15) is 28.2 Å². The number of hydrogen-bond acceptors (Lipinski definition) is 5. The normalized spacial score (nSPS) is 15.7. The van der Waals surface area contributed by atoms with Gasteiger partial charge in [-0.2, -0.15) is 5.26 Å². The van der Waals surface area contributed by atoms with Gasteiger partial charge in [-0.05, 0) is 43.0 Å². The Morgan fingerprint density at radius 2 is 1.97 bits per heavy atom. The second-order valence-electron chi connectivity index (χ2n) is 7.58. The number of benzene rings is 2. The Labute approximate surface area is 172 Å². The minimum atomic E-state index is -0.640. The summed E-state index contributed by atoms with van der Waals surface area (Å²) in [5.41, 5.74) is 10.8. The first-order valence-corrected chi connectivity index (χ1v) is 9.57. The Morgan fingerprint density at radius 1 is 1.13 bits per heavy atom. The van der Waals surface area contributed by atoms with Gasteiger partial charge in [-0.15, -0.1) is 0 Å². The summed E-state index contributed by atoms with van der Waals surface area (Å²) in [6.45, 7) is 3.97. The number of nitrogens with one attached hydrogen (secondary N) is 1. The van der Waals surface area contributed by atoms with Crippen LogP contribution in [0.25, 0.3) is 21.8 Å². The maximum absolute atomic E-state index is 13.1. The zero-order chi connectivity index (χ0) is 21.0. The van der Waals surface area contributed by atoms with Crippen LogP contribution in [0.2, 0.25) is 0 Å². The molecule has 0 amide bonds. The molecule has 0 bridgehead atoms. The largest absolute Gasteiger partial charge is 0.438 e. The second kappa shape index (κ2) is 6.46. The lowest BCUT2D eigenvalue weighted by Crippen LogP contribution is -2.25. The van der Waals surface area contributed by atoms with Gasteiger partial charge in [-0.1, -0.05) is 29.8 Å². The fraction of sp³-hybridized carbons (Fsp3) is 0.125. The van der Waals surface area contributed by atoms with Crippen LogP contribution in [-0.4, -0.2) is 9.97 Å². The van der Waals surface area contributed by atoms with Crippen molar-refractivity contribution < 1.29 is 4.74 Å². The summed E-state index contributed by atoms with van der Waals surface area (Å²) < 4.78 is 5.83. The van der Waals surface area contributed by atoms with Crippen LogP contribution in [0.5, 0.6) is 5.75 Å². The molecule has 0 saturated heterocycles. The van der Waals surface area contributed by atoms with E-state index in [0.717, 1.165) is 27.4 Å². The molecule has 0 spiro atoms. The van der Waals surface area contributed by atoms with Crippen molar-refractivity contribution in [3.8, 4) is 11.8 Å². The highest BCUT2D eigenvalue weighted by atomic mass is 16.5. The number of nitriles is 1. The molecule has 0 saturated carbocycles. The van der Waals surface area contributed by atoms with Crippen molar-refractivity contribution in [2.75, 3.05) is 0 Å². The molecule has 3 heterocycles. The summed E-state index contributed by atoms with van der Waals surface area (Å²) >= 11 is 0.